The minimum Gasteiger partial charge on any atom is -0.324 e. The lowest BCUT2D eigenvalue weighted by atomic mass is 9.81. The molecule has 0 radical (unpaired) electrons. The van der Waals surface area contributed by atoms with Crippen molar-refractivity contribution in [1.82, 2.24) is 5.32 Å². The fraction of sp³-hybridized carbons (Fsp3) is 0.127. The molecule has 3 aliphatic rings. The Kier molecular flexibility index (Phi) is 7.62. The van der Waals surface area contributed by atoms with Gasteiger partial charge in [0.1, 0.15) is 11.7 Å². The number of aliphatic imine (C=N–C) groups is 2. The van der Waals surface area contributed by atoms with E-state index in [-0.39, 0.29) is 10.8 Å². The van der Waals surface area contributed by atoms with Crippen molar-refractivity contribution in [3.63, 3.8) is 0 Å². The first-order valence-electron chi connectivity index (χ1n) is 20.4. The van der Waals surface area contributed by atoms with Crippen LogP contribution < -0.4 is 5.32 Å². The normalized spacial score (nSPS) is 16.7. The van der Waals surface area contributed by atoms with Crippen molar-refractivity contribution in [3.8, 4) is 44.5 Å². The van der Waals surface area contributed by atoms with Crippen LogP contribution in [-0.4, -0.2) is 11.7 Å². The van der Waals surface area contributed by atoms with Gasteiger partial charge in [-0.15, -0.1) is 0 Å². The Bertz CT molecular complexity index is 3030. The molecule has 8 aromatic carbocycles. The van der Waals surface area contributed by atoms with Gasteiger partial charge in [0.05, 0.1) is 0 Å². The van der Waals surface area contributed by atoms with Crippen LogP contribution in [0.25, 0.3) is 55.3 Å². The van der Waals surface area contributed by atoms with Crippen LogP contribution in [0.2, 0.25) is 0 Å². The summed E-state index contributed by atoms with van der Waals surface area (Å²) in [6.07, 6.45) is -0.527. The highest BCUT2D eigenvalue weighted by Gasteiger charge is 2.39. The Labute approximate surface area is 340 Å². The van der Waals surface area contributed by atoms with Crippen molar-refractivity contribution >= 4 is 22.4 Å². The van der Waals surface area contributed by atoms with Gasteiger partial charge in [0.25, 0.3) is 0 Å². The molecule has 8 aromatic rings. The minimum atomic E-state index is -0.527. The molecule has 1 atom stereocenters. The van der Waals surface area contributed by atoms with Gasteiger partial charge in [-0.2, -0.15) is 0 Å². The number of nitrogens with one attached hydrogen (secondary N) is 1. The van der Waals surface area contributed by atoms with Crippen molar-refractivity contribution in [2.24, 2.45) is 9.98 Å². The molecule has 0 saturated carbocycles. The summed E-state index contributed by atoms with van der Waals surface area (Å²) >= 11 is 0. The van der Waals surface area contributed by atoms with Gasteiger partial charge in [-0.1, -0.05) is 198 Å². The standard InChI is InChI=1S/C55H43N3/c1-54(2)45-27-12-10-22-42(45)49-38(24-15-29-47(49)54)36-31-32-39(40-25-16-30-48-50(40)43-23-11-13-28-46(43)55(48,3)4)44(33-36)53-57-51(35-18-6-5-7-19-35)56-52(58-53)41-26-14-20-34-17-8-9-21-37(34)41/h5-33,53H,1-4H3,(H,56,57,58). The lowest BCUT2D eigenvalue weighted by Crippen LogP contribution is -2.36. The molecule has 0 spiro atoms. The van der Waals surface area contributed by atoms with Crippen LogP contribution >= 0.6 is 0 Å². The molecule has 2 aliphatic carbocycles. The fourth-order valence-corrected chi connectivity index (χ4v) is 10.1. The van der Waals surface area contributed by atoms with E-state index in [9.17, 15) is 0 Å². The molecule has 1 N–H and O–H groups in total. The van der Waals surface area contributed by atoms with E-state index in [1.165, 1.54) is 61.0 Å². The van der Waals surface area contributed by atoms with Gasteiger partial charge in [0, 0.05) is 27.5 Å². The molecule has 1 unspecified atom stereocenters. The number of fused-ring (bicyclic) bond motifs is 7. The monoisotopic (exact) mass is 745 g/mol. The predicted molar refractivity (Wildman–Crippen MR) is 242 cm³/mol. The quantitative estimate of drug-likeness (QED) is 0.187. The van der Waals surface area contributed by atoms with E-state index >= 15 is 0 Å². The van der Waals surface area contributed by atoms with E-state index < -0.39 is 6.17 Å². The zero-order valence-electron chi connectivity index (χ0n) is 33.2. The fourth-order valence-electron chi connectivity index (χ4n) is 10.1. The summed E-state index contributed by atoms with van der Waals surface area (Å²) in [6.45, 7) is 9.41. The summed E-state index contributed by atoms with van der Waals surface area (Å²) < 4.78 is 0. The number of rotatable bonds is 5. The number of benzene rings is 8. The van der Waals surface area contributed by atoms with Gasteiger partial charge in [0.2, 0.25) is 0 Å². The second-order valence-corrected chi connectivity index (χ2v) is 16.9. The Morgan fingerprint density at radius 2 is 0.914 bits per heavy atom. The highest BCUT2D eigenvalue weighted by Crippen LogP contribution is 2.55. The summed E-state index contributed by atoms with van der Waals surface area (Å²) in [6, 6.07) is 64.0. The third kappa shape index (κ3) is 5.12. The summed E-state index contributed by atoms with van der Waals surface area (Å²) in [4.78, 5) is 11.1. The van der Waals surface area contributed by atoms with Crippen molar-refractivity contribution in [2.45, 2.75) is 44.7 Å². The van der Waals surface area contributed by atoms with Crippen LogP contribution in [0.5, 0.6) is 0 Å². The topological polar surface area (TPSA) is 36.8 Å². The first-order chi connectivity index (χ1) is 28.3. The van der Waals surface area contributed by atoms with Crippen molar-refractivity contribution in [1.29, 1.82) is 0 Å². The highest BCUT2D eigenvalue weighted by molar-refractivity contribution is 6.20. The summed E-state index contributed by atoms with van der Waals surface area (Å²) in [5.41, 5.74) is 18.3. The molecule has 0 amide bonds. The first kappa shape index (κ1) is 34.4. The third-order valence-corrected chi connectivity index (χ3v) is 13.0. The first-order valence-corrected chi connectivity index (χ1v) is 20.4. The maximum atomic E-state index is 5.59. The maximum Gasteiger partial charge on any atom is 0.170 e. The minimum absolute atomic E-state index is 0.100. The Morgan fingerprint density at radius 3 is 1.64 bits per heavy atom. The highest BCUT2D eigenvalue weighted by atomic mass is 15.2. The number of amidine groups is 2. The van der Waals surface area contributed by atoms with E-state index in [4.69, 9.17) is 9.98 Å². The van der Waals surface area contributed by atoms with Crippen molar-refractivity contribution < 1.29 is 0 Å². The van der Waals surface area contributed by atoms with Crippen molar-refractivity contribution in [2.75, 3.05) is 0 Å². The molecule has 11 rings (SSSR count). The van der Waals surface area contributed by atoms with Gasteiger partial charge >= 0.3 is 0 Å². The zero-order chi connectivity index (χ0) is 39.2. The van der Waals surface area contributed by atoms with Gasteiger partial charge in [-0.05, 0) is 83.6 Å². The number of hydrogen-bond acceptors (Lipinski definition) is 3. The molecular formula is C55H43N3. The average molecular weight is 746 g/mol. The SMILES string of the molecule is CC1(C)c2ccccc2-c2c(-c3ccc(-c4cccc5c4-c4ccccc4C5(C)C)c(C4N=C(c5ccccc5)NC(c5cccc6ccccc56)=N4)c3)cccc21. The molecule has 1 aliphatic heterocycles. The molecule has 0 saturated heterocycles. The van der Waals surface area contributed by atoms with E-state index in [0.717, 1.165) is 44.9 Å². The second kappa shape index (κ2) is 12.8. The lowest BCUT2D eigenvalue weighted by molar-refractivity contribution is 0.660. The number of hydrogen-bond donors (Lipinski definition) is 1. The largest absolute Gasteiger partial charge is 0.324 e. The van der Waals surface area contributed by atoms with Gasteiger partial charge in [-0.25, -0.2) is 9.98 Å². The summed E-state index contributed by atoms with van der Waals surface area (Å²) in [5.74, 6) is 1.62. The molecular weight excluding hydrogens is 703 g/mol. The van der Waals surface area contributed by atoms with Crippen LogP contribution in [0.3, 0.4) is 0 Å². The molecule has 1 heterocycles. The third-order valence-electron chi connectivity index (χ3n) is 13.0. The van der Waals surface area contributed by atoms with E-state index in [1.54, 1.807) is 0 Å². The molecule has 3 heteroatoms. The van der Waals surface area contributed by atoms with Crippen LogP contribution in [-0.2, 0) is 10.8 Å². The zero-order valence-corrected chi connectivity index (χ0v) is 33.2. The maximum absolute atomic E-state index is 5.59. The smallest absolute Gasteiger partial charge is 0.170 e. The van der Waals surface area contributed by atoms with Crippen LogP contribution in [0.1, 0.15) is 72.8 Å². The lowest BCUT2D eigenvalue weighted by Gasteiger charge is -2.26. The van der Waals surface area contributed by atoms with Crippen molar-refractivity contribution in [3.05, 3.63) is 215 Å². The summed E-state index contributed by atoms with van der Waals surface area (Å²) in [5, 5.41) is 6.03. The van der Waals surface area contributed by atoms with Gasteiger partial charge in [-0.3, -0.25) is 0 Å². The molecule has 0 fully saturated rings. The van der Waals surface area contributed by atoms with Crippen LogP contribution in [0.4, 0.5) is 0 Å². The van der Waals surface area contributed by atoms with E-state index in [2.05, 4.69) is 209 Å². The Morgan fingerprint density at radius 1 is 0.397 bits per heavy atom. The van der Waals surface area contributed by atoms with Gasteiger partial charge in [0.15, 0.2) is 6.17 Å². The second-order valence-electron chi connectivity index (χ2n) is 16.9. The molecule has 278 valence electrons. The van der Waals surface area contributed by atoms with Gasteiger partial charge < -0.3 is 5.32 Å². The molecule has 58 heavy (non-hydrogen) atoms. The molecule has 3 nitrogen and oxygen atoms in total. The molecule has 0 bridgehead atoms. The Balaban J connectivity index is 1.19. The summed E-state index contributed by atoms with van der Waals surface area (Å²) in [7, 11) is 0. The Hall–Kier alpha value is -6.84. The predicted octanol–water partition coefficient (Wildman–Crippen LogP) is 13.3. The average Bonchev–Trinajstić information content (AvgIpc) is 3.66. The van der Waals surface area contributed by atoms with Crippen LogP contribution in [0, 0.1) is 0 Å². The van der Waals surface area contributed by atoms with E-state index in [1.807, 2.05) is 0 Å². The molecule has 0 aromatic heterocycles. The van der Waals surface area contributed by atoms with Crippen LogP contribution in [0.15, 0.2) is 186 Å². The van der Waals surface area contributed by atoms with E-state index in [0.29, 0.717) is 0 Å². The number of nitrogens with zero attached hydrogens (tertiary/aromatic N) is 2.